The lowest BCUT2D eigenvalue weighted by Crippen LogP contribution is -2.58. The lowest BCUT2D eigenvalue weighted by Gasteiger charge is -2.40. The van der Waals surface area contributed by atoms with Crippen molar-refractivity contribution < 1.29 is 24.2 Å². The molecule has 0 radical (unpaired) electrons. The number of hydrogen-bond acceptors (Lipinski definition) is 5. The summed E-state index contributed by atoms with van der Waals surface area (Å²) >= 11 is 0. The molecule has 6 atom stereocenters. The van der Waals surface area contributed by atoms with Crippen molar-refractivity contribution in [3.63, 3.8) is 0 Å². The summed E-state index contributed by atoms with van der Waals surface area (Å²) in [5.74, 6) is -2.27. The van der Waals surface area contributed by atoms with Crippen molar-refractivity contribution in [2.75, 3.05) is 24.6 Å². The number of nitrogens with zero attached hydrogens (tertiary/aromatic N) is 3. The Balaban J connectivity index is 1.60. The third kappa shape index (κ3) is 5.39. The van der Waals surface area contributed by atoms with Gasteiger partial charge in [0.15, 0.2) is 0 Å². The number of carbonyl (C=O) groups excluding carboxylic acids is 3. The fourth-order valence-corrected chi connectivity index (χ4v) is 7.83. The Morgan fingerprint density at radius 2 is 1.66 bits per heavy atom. The number of para-hydroxylation sites is 1. The number of hydrogen-bond donors (Lipinski definition) is 1. The highest BCUT2D eigenvalue weighted by molar-refractivity contribution is 6.03. The van der Waals surface area contributed by atoms with E-state index in [1.807, 2.05) is 81.4 Å². The normalized spacial score (nSPS) is 27.7. The van der Waals surface area contributed by atoms with E-state index in [0.29, 0.717) is 31.5 Å². The van der Waals surface area contributed by atoms with Crippen molar-refractivity contribution in [1.82, 2.24) is 9.80 Å². The molecule has 5 rings (SSSR count). The molecular weight excluding hydrogens is 554 g/mol. The van der Waals surface area contributed by atoms with Crippen molar-refractivity contribution in [2.45, 2.75) is 69.9 Å². The van der Waals surface area contributed by atoms with Crippen LogP contribution in [0.3, 0.4) is 0 Å². The van der Waals surface area contributed by atoms with Gasteiger partial charge in [0, 0.05) is 25.3 Å². The summed E-state index contributed by atoms with van der Waals surface area (Å²) in [6.07, 6.45) is 4.87. The Morgan fingerprint density at radius 1 is 1.02 bits per heavy atom. The highest BCUT2D eigenvalue weighted by Gasteiger charge is 2.78. The van der Waals surface area contributed by atoms with Gasteiger partial charge in [0.2, 0.25) is 17.7 Å². The molecular formula is C36H45N3O5. The highest BCUT2D eigenvalue weighted by Crippen LogP contribution is 2.64. The van der Waals surface area contributed by atoms with Crippen LogP contribution in [0, 0.1) is 17.8 Å². The minimum atomic E-state index is -1.19. The van der Waals surface area contributed by atoms with Crippen LogP contribution in [-0.4, -0.2) is 75.6 Å². The van der Waals surface area contributed by atoms with Gasteiger partial charge in [-0.25, -0.2) is 0 Å². The van der Waals surface area contributed by atoms with Gasteiger partial charge >= 0.3 is 0 Å². The highest BCUT2D eigenvalue weighted by atomic mass is 16.5. The maximum Gasteiger partial charge on any atom is 0.249 e. The maximum absolute atomic E-state index is 14.8. The summed E-state index contributed by atoms with van der Waals surface area (Å²) in [6, 6.07) is 17.5. The summed E-state index contributed by atoms with van der Waals surface area (Å²) < 4.78 is 6.89. The number of amides is 3. The zero-order chi connectivity index (χ0) is 31.6. The molecule has 3 aliphatic rings. The van der Waals surface area contributed by atoms with E-state index in [0.717, 1.165) is 5.56 Å². The van der Waals surface area contributed by atoms with Crippen molar-refractivity contribution in [3.8, 4) is 0 Å². The van der Waals surface area contributed by atoms with Crippen LogP contribution in [0.15, 0.2) is 86.0 Å². The molecule has 2 unspecified atom stereocenters. The summed E-state index contributed by atoms with van der Waals surface area (Å²) in [6.45, 7) is 14.3. The van der Waals surface area contributed by atoms with Crippen LogP contribution in [-0.2, 0) is 25.7 Å². The fraction of sp³-hybridized carbons (Fsp3) is 0.472. The molecule has 0 saturated carbocycles. The largest absolute Gasteiger partial charge is 0.394 e. The average molecular weight is 600 g/mol. The van der Waals surface area contributed by atoms with Crippen LogP contribution in [0.25, 0.3) is 0 Å². The SMILES string of the molecule is C=CCN(Cc1ccccc1)C(=O)C1N([C@@H](CO)CC(C)C)C(=O)[C@@H]2[C@@H](C(=O)N(CC=C)c3ccccc3)[C@@]3(C)CCC12O3. The molecule has 2 aromatic carbocycles. The van der Waals surface area contributed by atoms with E-state index >= 15 is 0 Å². The summed E-state index contributed by atoms with van der Waals surface area (Å²) in [5.41, 5.74) is -0.458. The van der Waals surface area contributed by atoms with Gasteiger partial charge in [-0.2, -0.15) is 0 Å². The van der Waals surface area contributed by atoms with E-state index in [-0.39, 0.29) is 43.3 Å². The predicted octanol–water partition coefficient (Wildman–Crippen LogP) is 4.59. The van der Waals surface area contributed by atoms with Crippen molar-refractivity contribution >= 4 is 23.4 Å². The molecule has 3 fully saturated rings. The third-order valence-electron chi connectivity index (χ3n) is 9.59. The molecule has 1 N–H and O–H groups in total. The molecule has 234 valence electrons. The first kappa shape index (κ1) is 31.7. The van der Waals surface area contributed by atoms with E-state index in [1.54, 1.807) is 26.9 Å². The average Bonchev–Trinajstić information content (AvgIpc) is 3.59. The molecule has 3 saturated heterocycles. The molecule has 3 amide bonds. The second-order valence-electron chi connectivity index (χ2n) is 13.0. The van der Waals surface area contributed by atoms with E-state index in [4.69, 9.17) is 4.74 Å². The molecule has 0 aromatic heterocycles. The molecule has 3 aliphatic heterocycles. The Morgan fingerprint density at radius 3 is 2.25 bits per heavy atom. The number of aliphatic hydroxyl groups excluding tert-OH is 1. The van der Waals surface area contributed by atoms with Gasteiger partial charge in [-0.3, -0.25) is 14.4 Å². The Labute approximate surface area is 261 Å². The Bertz CT molecular complexity index is 1380. The lowest BCUT2D eigenvalue weighted by molar-refractivity contribution is -0.155. The lowest BCUT2D eigenvalue weighted by atomic mass is 9.66. The van der Waals surface area contributed by atoms with Gasteiger partial charge < -0.3 is 24.5 Å². The van der Waals surface area contributed by atoms with Crippen LogP contribution in [0.4, 0.5) is 5.69 Å². The van der Waals surface area contributed by atoms with Crippen LogP contribution in [0.1, 0.15) is 45.6 Å². The van der Waals surface area contributed by atoms with Crippen molar-refractivity contribution in [1.29, 1.82) is 0 Å². The number of fused-ring (bicyclic) bond motifs is 1. The molecule has 2 bridgehead atoms. The molecule has 3 heterocycles. The van der Waals surface area contributed by atoms with E-state index < -0.39 is 35.1 Å². The second-order valence-corrected chi connectivity index (χ2v) is 13.0. The molecule has 44 heavy (non-hydrogen) atoms. The smallest absolute Gasteiger partial charge is 0.249 e. The van der Waals surface area contributed by atoms with E-state index in [1.165, 1.54) is 0 Å². The minimum absolute atomic E-state index is 0.163. The van der Waals surface area contributed by atoms with Crippen molar-refractivity contribution in [3.05, 3.63) is 91.5 Å². The standard InChI is InChI=1S/C36H45N3O5/c1-6-20-37(23-26-14-10-8-11-15-26)34(43)31-36-19-18-35(5,44-36)29(30(36)33(42)39(31)28(24-40)22-25(3)4)32(41)38(21-7-2)27-16-12-9-13-17-27/h6-17,25,28-31,40H,1-2,18-24H2,3-5H3/t28-,29+,30+,31?,35-,36?/m1/s1. The number of anilines is 1. The number of likely N-dealkylation sites (tertiary alicyclic amines) is 1. The van der Waals surface area contributed by atoms with Gasteiger partial charge in [-0.15, -0.1) is 13.2 Å². The van der Waals surface area contributed by atoms with Crippen LogP contribution in [0.2, 0.25) is 0 Å². The third-order valence-corrected chi connectivity index (χ3v) is 9.59. The Hall–Kier alpha value is -3.75. The Kier molecular flexibility index (Phi) is 9.14. The number of aliphatic hydroxyl groups is 1. The quantitative estimate of drug-likeness (QED) is 0.340. The van der Waals surface area contributed by atoms with Crippen LogP contribution < -0.4 is 4.90 Å². The summed E-state index contributed by atoms with van der Waals surface area (Å²) in [7, 11) is 0. The zero-order valence-electron chi connectivity index (χ0n) is 26.1. The van der Waals surface area contributed by atoms with Gasteiger partial charge in [0.05, 0.1) is 30.1 Å². The van der Waals surface area contributed by atoms with Gasteiger partial charge in [-0.1, -0.05) is 74.5 Å². The van der Waals surface area contributed by atoms with Crippen LogP contribution >= 0.6 is 0 Å². The fourth-order valence-electron chi connectivity index (χ4n) is 7.83. The predicted molar refractivity (Wildman–Crippen MR) is 170 cm³/mol. The topological polar surface area (TPSA) is 90.4 Å². The summed E-state index contributed by atoms with van der Waals surface area (Å²) in [5, 5.41) is 10.6. The number of benzene rings is 2. The van der Waals surface area contributed by atoms with Gasteiger partial charge in [-0.05, 0) is 49.8 Å². The monoisotopic (exact) mass is 599 g/mol. The van der Waals surface area contributed by atoms with Crippen LogP contribution in [0.5, 0.6) is 0 Å². The molecule has 8 nitrogen and oxygen atoms in total. The van der Waals surface area contributed by atoms with Gasteiger partial charge in [0.25, 0.3) is 0 Å². The molecule has 2 aromatic rings. The first-order chi connectivity index (χ1) is 21.1. The van der Waals surface area contributed by atoms with E-state index in [2.05, 4.69) is 13.2 Å². The van der Waals surface area contributed by atoms with Gasteiger partial charge in [0.1, 0.15) is 11.6 Å². The number of rotatable bonds is 13. The molecule has 8 heteroatoms. The van der Waals surface area contributed by atoms with Crippen molar-refractivity contribution in [2.24, 2.45) is 17.8 Å². The second kappa shape index (κ2) is 12.7. The minimum Gasteiger partial charge on any atom is -0.394 e. The molecule has 1 spiro atoms. The molecule has 0 aliphatic carbocycles. The summed E-state index contributed by atoms with van der Waals surface area (Å²) in [4.78, 5) is 49.0. The first-order valence-electron chi connectivity index (χ1n) is 15.7. The zero-order valence-corrected chi connectivity index (χ0v) is 26.1. The maximum atomic E-state index is 14.8. The number of carbonyl (C=O) groups is 3. The first-order valence-corrected chi connectivity index (χ1v) is 15.7. The van der Waals surface area contributed by atoms with E-state index in [9.17, 15) is 19.5 Å². The number of ether oxygens (including phenoxy) is 1.